The number of thioether (sulfide) groups is 1. The molecule has 2 aromatic heterocycles. The molecule has 0 aliphatic carbocycles. The van der Waals surface area contributed by atoms with Crippen LogP contribution in [-0.4, -0.2) is 37.1 Å². The van der Waals surface area contributed by atoms with E-state index in [-0.39, 0.29) is 0 Å². The largest absolute Gasteiger partial charge is 0.277 e. The fourth-order valence-electron chi connectivity index (χ4n) is 3.67. The third-order valence-corrected chi connectivity index (χ3v) is 7.19. The zero-order chi connectivity index (χ0) is 22.8. The van der Waals surface area contributed by atoms with Gasteiger partial charge in [0.25, 0.3) is 0 Å². The van der Waals surface area contributed by atoms with Gasteiger partial charge in [-0.15, -0.1) is 11.8 Å². The van der Waals surface area contributed by atoms with Crippen molar-refractivity contribution in [2.24, 2.45) is 0 Å². The van der Waals surface area contributed by atoms with E-state index in [1.165, 1.54) is 4.90 Å². The second kappa shape index (κ2) is 9.21. The molecule has 1 atom stereocenters. The lowest BCUT2D eigenvalue weighted by Gasteiger charge is -2.01. The van der Waals surface area contributed by atoms with Crippen molar-refractivity contribution in [3.05, 3.63) is 84.9 Å². The van der Waals surface area contributed by atoms with Crippen molar-refractivity contribution >= 4 is 22.6 Å². The Morgan fingerprint density at radius 3 is 1.70 bits per heavy atom. The van der Waals surface area contributed by atoms with Crippen LogP contribution in [0.15, 0.2) is 94.7 Å². The Bertz CT molecular complexity index is 1420. The molecule has 2 heterocycles. The zero-order valence-corrected chi connectivity index (χ0v) is 19.8. The van der Waals surface area contributed by atoms with Crippen LogP contribution in [0, 0.1) is 0 Å². The number of aromatic nitrogens is 4. The maximum atomic E-state index is 11.6. The maximum Gasteiger partial charge on any atom is 0.0927 e. The van der Waals surface area contributed by atoms with Gasteiger partial charge < -0.3 is 0 Å². The highest BCUT2D eigenvalue weighted by Crippen LogP contribution is 2.30. The summed E-state index contributed by atoms with van der Waals surface area (Å²) in [6.45, 7) is 0. The normalized spacial score (nSPS) is 12.1. The van der Waals surface area contributed by atoms with E-state index < -0.39 is 10.8 Å². The van der Waals surface area contributed by atoms with Gasteiger partial charge in [0.1, 0.15) is 0 Å². The first-order valence-electron chi connectivity index (χ1n) is 10.4. The Kier molecular flexibility index (Phi) is 5.98. The Balaban J connectivity index is 1.40. The Hall–Kier alpha value is -3.42. The van der Waals surface area contributed by atoms with Crippen molar-refractivity contribution in [2.75, 3.05) is 12.5 Å². The lowest BCUT2D eigenvalue weighted by atomic mass is 10.0. The van der Waals surface area contributed by atoms with Crippen LogP contribution in [0.2, 0.25) is 0 Å². The first kappa shape index (κ1) is 21.4. The molecule has 0 amide bonds. The van der Waals surface area contributed by atoms with Gasteiger partial charge >= 0.3 is 0 Å². The van der Waals surface area contributed by atoms with Crippen LogP contribution in [0.4, 0.5) is 0 Å². The van der Waals surface area contributed by atoms with E-state index in [0.29, 0.717) is 0 Å². The molecule has 0 radical (unpaired) electrons. The summed E-state index contributed by atoms with van der Waals surface area (Å²) < 4.78 is 11.6. The Morgan fingerprint density at radius 1 is 0.697 bits per heavy atom. The lowest BCUT2D eigenvalue weighted by Crippen LogP contribution is -1.86. The quantitative estimate of drug-likeness (QED) is 0.287. The Labute approximate surface area is 199 Å². The monoisotopic (exact) mass is 470 g/mol. The average Bonchev–Trinajstić information content (AvgIpc) is 3.55. The molecule has 0 bridgehead atoms. The van der Waals surface area contributed by atoms with Crippen LogP contribution in [-0.2, 0) is 10.8 Å². The van der Waals surface area contributed by atoms with E-state index in [9.17, 15) is 4.21 Å². The summed E-state index contributed by atoms with van der Waals surface area (Å²) in [4.78, 5) is 2.05. The van der Waals surface area contributed by atoms with E-state index in [4.69, 9.17) is 0 Å². The van der Waals surface area contributed by atoms with Crippen molar-refractivity contribution in [1.29, 1.82) is 0 Å². The fraction of sp³-hybridized carbons (Fsp3) is 0.0769. The number of H-pyrrole nitrogens is 2. The number of rotatable bonds is 6. The summed E-state index contributed by atoms with van der Waals surface area (Å²) in [5.41, 5.74) is 7.80. The molecule has 33 heavy (non-hydrogen) atoms. The van der Waals surface area contributed by atoms with Crippen molar-refractivity contribution < 1.29 is 4.21 Å². The van der Waals surface area contributed by atoms with Crippen molar-refractivity contribution in [3.63, 3.8) is 0 Å². The van der Waals surface area contributed by atoms with Crippen molar-refractivity contribution in [2.45, 2.75) is 9.79 Å². The molecule has 5 nitrogen and oxygen atoms in total. The lowest BCUT2D eigenvalue weighted by molar-refractivity contribution is 0.687. The Morgan fingerprint density at radius 2 is 1.21 bits per heavy atom. The van der Waals surface area contributed by atoms with Crippen LogP contribution in [0.1, 0.15) is 0 Å². The van der Waals surface area contributed by atoms with Gasteiger partial charge in [-0.1, -0.05) is 42.5 Å². The minimum Gasteiger partial charge on any atom is -0.277 e. The topological polar surface area (TPSA) is 74.4 Å². The van der Waals surface area contributed by atoms with Crippen molar-refractivity contribution in [3.8, 4) is 45.0 Å². The summed E-state index contributed by atoms with van der Waals surface area (Å²) >= 11 is 1.73. The summed E-state index contributed by atoms with van der Waals surface area (Å²) in [5.74, 6) is 0. The molecule has 7 heteroatoms. The smallest absolute Gasteiger partial charge is 0.0927 e. The maximum absolute atomic E-state index is 11.6. The van der Waals surface area contributed by atoms with Gasteiger partial charge in [-0.05, 0) is 59.8 Å². The predicted octanol–water partition coefficient (Wildman–Crippen LogP) is 6.26. The van der Waals surface area contributed by atoms with Gasteiger partial charge in [-0.2, -0.15) is 10.2 Å². The second-order valence-electron chi connectivity index (χ2n) is 7.62. The third-order valence-electron chi connectivity index (χ3n) is 5.51. The highest BCUT2D eigenvalue weighted by Gasteiger charge is 2.10. The molecule has 0 saturated heterocycles. The van der Waals surface area contributed by atoms with Gasteiger partial charge in [0.15, 0.2) is 0 Å². The van der Waals surface area contributed by atoms with Gasteiger partial charge in [0.2, 0.25) is 0 Å². The molecular weight excluding hydrogens is 448 g/mol. The molecular formula is C26H22N4OS2. The van der Waals surface area contributed by atoms with E-state index in [1.54, 1.807) is 18.0 Å². The molecule has 5 rings (SSSR count). The fourth-order valence-corrected chi connectivity index (χ4v) is 4.60. The summed E-state index contributed by atoms with van der Waals surface area (Å²) in [7, 11) is -0.987. The highest BCUT2D eigenvalue weighted by molar-refractivity contribution is 7.98. The predicted molar refractivity (Wildman–Crippen MR) is 137 cm³/mol. The van der Waals surface area contributed by atoms with E-state index in [2.05, 4.69) is 69.1 Å². The summed E-state index contributed by atoms with van der Waals surface area (Å²) in [5, 5.41) is 15.3. The van der Waals surface area contributed by atoms with Crippen LogP contribution in [0.3, 0.4) is 0 Å². The minimum absolute atomic E-state index is 0.810. The first-order valence-corrected chi connectivity index (χ1v) is 13.2. The van der Waals surface area contributed by atoms with Gasteiger partial charge in [-0.25, -0.2) is 0 Å². The molecule has 2 N–H and O–H groups in total. The number of nitrogens with zero attached hydrogens (tertiary/aromatic N) is 2. The van der Waals surface area contributed by atoms with E-state index in [1.807, 2.05) is 42.5 Å². The third kappa shape index (κ3) is 4.55. The number of hydrogen-bond donors (Lipinski definition) is 2. The standard InChI is InChI=1S/C26H22N4OS2/c1-32-21-10-6-17(7-11-21)23-15-25(29-27-23)19-4-3-5-20(14-19)26-16-24(28-30-26)18-8-12-22(13-9-18)33(2)31/h3-16H,1-2H3,(H,27,29)(H,28,30). The SMILES string of the molecule is CSc1ccc(-c2cc(-c3cccc(-c4cc(-c5ccc(S(C)=O)cc5)[nH]n4)c3)n[nH]2)cc1. The first-order chi connectivity index (χ1) is 16.1. The van der Waals surface area contributed by atoms with Crippen LogP contribution < -0.4 is 0 Å². The van der Waals surface area contributed by atoms with Crippen LogP contribution in [0.5, 0.6) is 0 Å². The molecule has 1 unspecified atom stereocenters. The average molecular weight is 471 g/mol. The summed E-state index contributed by atoms with van der Waals surface area (Å²) in [6, 6.07) is 28.4. The molecule has 3 aromatic carbocycles. The van der Waals surface area contributed by atoms with Gasteiger partial charge in [-0.3, -0.25) is 14.4 Å². The van der Waals surface area contributed by atoms with Gasteiger partial charge in [0.05, 0.1) is 22.8 Å². The molecule has 0 fully saturated rings. The second-order valence-corrected chi connectivity index (χ2v) is 9.88. The molecule has 164 valence electrons. The molecule has 0 spiro atoms. The number of nitrogens with one attached hydrogen (secondary N) is 2. The van der Waals surface area contributed by atoms with Crippen molar-refractivity contribution in [1.82, 2.24) is 20.4 Å². The number of benzene rings is 3. The molecule has 0 aliphatic rings. The summed E-state index contributed by atoms with van der Waals surface area (Å²) in [6.07, 6.45) is 3.75. The zero-order valence-electron chi connectivity index (χ0n) is 18.2. The number of hydrogen-bond acceptors (Lipinski definition) is 4. The van der Waals surface area contributed by atoms with E-state index >= 15 is 0 Å². The number of aromatic amines is 2. The van der Waals surface area contributed by atoms with E-state index in [0.717, 1.165) is 49.9 Å². The highest BCUT2D eigenvalue weighted by atomic mass is 32.2. The molecule has 0 saturated carbocycles. The molecule has 0 aliphatic heterocycles. The van der Waals surface area contributed by atoms with Crippen LogP contribution in [0.25, 0.3) is 45.0 Å². The van der Waals surface area contributed by atoms with Gasteiger partial charge in [0, 0.05) is 38.0 Å². The minimum atomic E-state index is -0.987. The van der Waals surface area contributed by atoms with Crippen LogP contribution >= 0.6 is 11.8 Å². The molecule has 5 aromatic rings.